The monoisotopic (exact) mass is 389 g/mol. The number of aromatic nitrogens is 1. The molecule has 0 aliphatic rings. The Hall–Kier alpha value is -1.09. The van der Waals surface area contributed by atoms with Crippen molar-refractivity contribution in [3.63, 3.8) is 0 Å². The minimum absolute atomic E-state index is 0.0935. The molecule has 1 heterocycles. The first-order valence-electron chi connectivity index (χ1n) is 5.41. The molecule has 1 aromatic carbocycles. The van der Waals surface area contributed by atoms with Gasteiger partial charge in [-0.25, -0.2) is 4.98 Å². The molecule has 0 bridgehead atoms. The summed E-state index contributed by atoms with van der Waals surface area (Å²) in [7, 11) is 0. The van der Waals surface area contributed by atoms with Gasteiger partial charge in [0.05, 0.1) is 20.6 Å². The maximum Gasteiger partial charge on any atom is 0.416 e. The number of alkyl halides is 6. The molecule has 9 heteroatoms. The molecule has 0 aliphatic heterocycles. The third-order valence-electron chi connectivity index (χ3n) is 2.57. The largest absolute Gasteiger partial charge is 0.416 e. The summed E-state index contributed by atoms with van der Waals surface area (Å²) in [5, 5.41) is 0.0935. The maximum absolute atomic E-state index is 12.7. The Morgan fingerprint density at radius 1 is 0.952 bits per heavy atom. The number of hydrogen-bond donors (Lipinski definition) is 0. The van der Waals surface area contributed by atoms with E-state index in [-0.39, 0.29) is 16.6 Å². The second-order valence-electron chi connectivity index (χ2n) is 4.17. The van der Waals surface area contributed by atoms with Crippen molar-refractivity contribution >= 4 is 27.3 Å². The molecule has 0 spiro atoms. The van der Waals surface area contributed by atoms with Crippen molar-refractivity contribution in [2.75, 3.05) is 0 Å². The number of halogens is 7. The van der Waals surface area contributed by atoms with E-state index in [4.69, 9.17) is 0 Å². The fourth-order valence-corrected chi connectivity index (χ4v) is 2.91. The molecule has 1 nitrogen and oxygen atoms in total. The minimum Gasteiger partial charge on any atom is -0.240 e. The molecule has 0 radical (unpaired) electrons. The zero-order chi connectivity index (χ0) is 16.0. The second-order valence-corrected chi connectivity index (χ2v) is 6.49. The van der Waals surface area contributed by atoms with Gasteiger partial charge < -0.3 is 0 Å². The van der Waals surface area contributed by atoms with Crippen LogP contribution in [-0.4, -0.2) is 4.98 Å². The summed E-state index contributed by atoms with van der Waals surface area (Å²) in [6.45, 7) is 1.60. The van der Waals surface area contributed by atoms with Gasteiger partial charge >= 0.3 is 12.4 Å². The van der Waals surface area contributed by atoms with Gasteiger partial charge in [0.25, 0.3) is 0 Å². The van der Waals surface area contributed by atoms with Crippen LogP contribution >= 0.6 is 27.3 Å². The Kier molecular flexibility index (Phi) is 4.09. The third-order valence-corrected chi connectivity index (χ3v) is 4.63. The normalized spacial score (nSPS) is 12.8. The fourth-order valence-electron chi connectivity index (χ4n) is 1.58. The highest BCUT2D eigenvalue weighted by atomic mass is 79.9. The Morgan fingerprint density at radius 3 is 1.76 bits per heavy atom. The van der Waals surface area contributed by atoms with Crippen LogP contribution in [0.1, 0.15) is 16.8 Å². The van der Waals surface area contributed by atoms with Crippen molar-refractivity contribution in [1.82, 2.24) is 4.98 Å². The molecule has 0 atom stereocenters. The van der Waals surface area contributed by atoms with Crippen molar-refractivity contribution < 1.29 is 26.3 Å². The maximum atomic E-state index is 12.7. The number of hydrogen-bond acceptors (Lipinski definition) is 2. The minimum atomic E-state index is -4.86. The van der Waals surface area contributed by atoms with Crippen LogP contribution in [0.4, 0.5) is 26.3 Å². The summed E-state index contributed by atoms with van der Waals surface area (Å²) in [6.07, 6.45) is -9.72. The van der Waals surface area contributed by atoms with Gasteiger partial charge in [0.2, 0.25) is 0 Å². The highest BCUT2D eigenvalue weighted by molar-refractivity contribution is 9.11. The summed E-state index contributed by atoms with van der Waals surface area (Å²) >= 11 is 4.12. The quantitative estimate of drug-likeness (QED) is 0.551. The average molecular weight is 390 g/mol. The zero-order valence-corrected chi connectivity index (χ0v) is 12.6. The number of aryl methyl sites for hydroxylation is 1. The van der Waals surface area contributed by atoms with Crippen molar-refractivity contribution in [3.05, 3.63) is 38.8 Å². The molecule has 0 fully saturated rings. The van der Waals surface area contributed by atoms with Gasteiger partial charge in [0.15, 0.2) is 0 Å². The molecule has 0 unspecified atom stereocenters. The summed E-state index contributed by atoms with van der Waals surface area (Å²) in [6, 6.07) is 1.43. The van der Waals surface area contributed by atoms with Gasteiger partial charge in [0.1, 0.15) is 5.01 Å². The predicted molar refractivity (Wildman–Crippen MR) is 70.0 cm³/mol. The lowest BCUT2D eigenvalue weighted by molar-refractivity contribution is -0.143. The van der Waals surface area contributed by atoms with Gasteiger partial charge in [-0.3, -0.25) is 0 Å². The summed E-state index contributed by atoms with van der Waals surface area (Å²) in [4.78, 5) is 3.96. The van der Waals surface area contributed by atoms with E-state index in [1.54, 1.807) is 6.92 Å². The Balaban J connectivity index is 2.65. The Bertz CT molecular complexity index is 622. The van der Waals surface area contributed by atoms with E-state index in [0.717, 1.165) is 11.3 Å². The number of nitrogens with zero attached hydrogens (tertiary/aromatic N) is 1. The molecule has 0 amide bonds. The lowest BCUT2D eigenvalue weighted by Crippen LogP contribution is -2.11. The van der Waals surface area contributed by atoms with Crippen molar-refractivity contribution in [2.45, 2.75) is 19.3 Å². The first kappa shape index (κ1) is 16.3. The molecule has 2 aromatic rings. The van der Waals surface area contributed by atoms with Crippen LogP contribution < -0.4 is 0 Å². The molecule has 0 saturated carbocycles. The molecule has 2 rings (SSSR count). The van der Waals surface area contributed by atoms with Gasteiger partial charge in [0, 0.05) is 5.56 Å². The summed E-state index contributed by atoms with van der Waals surface area (Å²) < 4.78 is 77.0. The van der Waals surface area contributed by atoms with Crippen LogP contribution in [0.15, 0.2) is 22.0 Å². The molecular formula is C12H6BrF6NS. The van der Waals surface area contributed by atoms with E-state index < -0.39 is 23.5 Å². The first-order valence-corrected chi connectivity index (χ1v) is 7.02. The van der Waals surface area contributed by atoms with E-state index in [1.807, 2.05) is 0 Å². The van der Waals surface area contributed by atoms with Crippen molar-refractivity contribution in [3.8, 4) is 10.6 Å². The Labute approximate surface area is 127 Å². The van der Waals surface area contributed by atoms with Crippen molar-refractivity contribution in [1.29, 1.82) is 0 Å². The Morgan fingerprint density at radius 2 is 1.43 bits per heavy atom. The van der Waals surface area contributed by atoms with E-state index in [2.05, 4.69) is 20.9 Å². The smallest absolute Gasteiger partial charge is 0.240 e. The molecule has 0 aliphatic carbocycles. The number of rotatable bonds is 1. The van der Waals surface area contributed by atoms with Crippen molar-refractivity contribution in [2.24, 2.45) is 0 Å². The highest BCUT2D eigenvalue weighted by Crippen LogP contribution is 2.40. The summed E-state index contributed by atoms with van der Waals surface area (Å²) in [5.41, 5.74) is -2.41. The molecule has 114 valence electrons. The lowest BCUT2D eigenvalue weighted by atomic mass is 10.1. The SMILES string of the molecule is Cc1nc(-c2cc(C(F)(F)F)cc(C(F)(F)F)c2)sc1Br. The number of benzene rings is 1. The van der Waals surface area contributed by atoms with E-state index in [0.29, 0.717) is 21.6 Å². The third kappa shape index (κ3) is 3.57. The summed E-state index contributed by atoms with van der Waals surface area (Å²) in [5.74, 6) is 0. The topological polar surface area (TPSA) is 12.9 Å². The van der Waals surface area contributed by atoms with Crippen LogP contribution in [0.3, 0.4) is 0 Å². The molecule has 21 heavy (non-hydrogen) atoms. The van der Waals surface area contributed by atoms with Gasteiger partial charge in [-0.05, 0) is 41.1 Å². The lowest BCUT2D eigenvalue weighted by Gasteiger charge is -2.13. The zero-order valence-electron chi connectivity index (χ0n) is 10.2. The standard InChI is InChI=1S/C12H6BrF6NS/c1-5-9(13)21-10(20-5)6-2-7(11(14,15)16)4-8(3-6)12(17,18)19/h2-4H,1H3. The van der Waals surface area contributed by atoms with Crippen LogP contribution in [0.2, 0.25) is 0 Å². The van der Waals surface area contributed by atoms with Gasteiger partial charge in [-0.2, -0.15) is 26.3 Å². The highest BCUT2D eigenvalue weighted by Gasteiger charge is 2.37. The first-order chi connectivity index (χ1) is 9.48. The van der Waals surface area contributed by atoms with E-state index in [1.165, 1.54) is 0 Å². The molecule has 0 saturated heterocycles. The molecular weight excluding hydrogens is 384 g/mol. The van der Waals surface area contributed by atoms with E-state index in [9.17, 15) is 26.3 Å². The average Bonchev–Trinajstić information content (AvgIpc) is 2.67. The van der Waals surface area contributed by atoms with E-state index >= 15 is 0 Å². The van der Waals surface area contributed by atoms with Crippen LogP contribution in [-0.2, 0) is 12.4 Å². The molecule has 1 aromatic heterocycles. The number of thiazole rings is 1. The van der Waals surface area contributed by atoms with Crippen LogP contribution in [0.5, 0.6) is 0 Å². The fraction of sp³-hybridized carbons (Fsp3) is 0.250. The van der Waals surface area contributed by atoms with Gasteiger partial charge in [-0.15, -0.1) is 11.3 Å². The van der Waals surface area contributed by atoms with Crippen LogP contribution in [0.25, 0.3) is 10.6 Å². The van der Waals surface area contributed by atoms with Crippen LogP contribution in [0, 0.1) is 6.92 Å². The second kappa shape index (κ2) is 5.28. The predicted octanol–water partition coefficient (Wildman–Crippen LogP) is 5.92. The molecule has 0 N–H and O–H groups in total. The van der Waals surface area contributed by atoms with Gasteiger partial charge in [-0.1, -0.05) is 0 Å².